The van der Waals surface area contributed by atoms with E-state index in [1.807, 2.05) is 72.8 Å². The average Bonchev–Trinajstić information content (AvgIpc) is 4.19. The van der Waals surface area contributed by atoms with E-state index < -0.39 is 0 Å². The third kappa shape index (κ3) is 6.34. The first-order valence-corrected chi connectivity index (χ1v) is 26.5. The Kier molecular flexibility index (Phi) is 9.65. The predicted octanol–water partition coefficient (Wildman–Crippen LogP) is 17.1. The maximum Gasteiger partial charge on any atom is 0.166 e. The summed E-state index contributed by atoms with van der Waals surface area (Å²) >= 11 is 0. The second-order valence-corrected chi connectivity index (χ2v) is 21.7. The van der Waals surface area contributed by atoms with Gasteiger partial charge in [-0.1, -0.05) is 179 Å². The summed E-state index contributed by atoms with van der Waals surface area (Å²) in [5, 5.41) is 25.8. The molecule has 0 atom stereocenters. The van der Waals surface area contributed by atoms with Crippen LogP contribution in [0.5, 0.6) is 0 Å². The van der Waals surface area contributed by atoms with Gasteiger partial charge in [-0.15, -0.1) is 0 Å². The van der Waals surface area contributed by atoms with Crippen molar-refractivity contribution in [3.63, 3.8) is 0 Å². The Bertz CT molecular complexity index is 4820. The van der Waals surface area contributed by atoms with Crippen LogP contribution in [0.2, 0.25) is 0 Å². The van der Waals surface area contributed by atoms with Gasteiger partial charge in [-0.2, -0.15) is 10.5 Å². The summed E-state index contributed by atoms with van der Waals surface area (Å²) in [6, 6.07) is 78.9. The largest absolute Gasteiger partial charge is 0.308 e. The number of fused-ring (bicyclic) bond motifs is 14. The van der Waals surface area contributed by atoms with Crippen LogP contribution in [0.1, 0.15) is 61.1 Å². The first-order chi connectivity index (χ1) is 38.1. The van der Waals surface area contributed by atoms with E-state index in [0.29, 0.717) is 34.2 Å². The molecule has 15 rings (SSSR count). The van der Waals surface area contributed by atoms with Crippen LogP contribution in [0.4, 0.5) is 0 Å². The van der Waals surface area contributed by atoms with Crippen LogP contribution < -0.4 is 0 Å². The molecule has 2 aliphatic rings. The molecule has 0 bridgehead atoms. The molecule has 0 radical (unpaired) electrons. The van der Waals surface area contributed by atoms with Crippen molar-refractivity contribution in [3.05, 3.63) is 246 Å². The second kappa shape index (κ2) is 16.6. The summed E-state index contributed by atoms with van der Waals surface area (Å²) in [7, 11) is 0. The van der Waals surface area contributed by atoms with Gasteiger partial charge in [0.05, 0.1) is 56.7 Å². The van der Waals surface area contributed by atoms with E-state index in [9.17, 15) is 10.5 Å². The van der Waals surface area contributed by atoms with Gasteiger partial charge in [-0.25, -0.2) is 15.0 Å². The number of rotatable bonds is 6. The smallest absolute Gasteiger partial charge is 0.166 e. The lowest BCUT2D eigenvalue weighted by molar-refractivity contribution is 0.666. The molecule has 78 heavy (non-hydrogen) atoms. The minimum Gasteiger partial charge on any atom is -0.308 e. The molecule has 366 valence electrons. The van der Waals surface area contributed by atoms with Crippen molar-refractivity contribution < 1.29 is 0 Å². The van der Waals surface area contributed by atoms with Gasteiger partial charge in [0.15, 0.2) is 17.5 Å². The molecule has 0 saturated carbocycles. The monoisotopic (exact) mass is 997 g/mol. The normalized spacial score (nSPS) is 13.6. The van der Waals surface area contributed by atoms with Crippen molar-refractivity contribution in [2.24, 2.45) is 0 Å². The first kappa shape index (κ1) is 45.2. The summed E-state index contributed by atoms with van der Waals surface area (Å²) in [6.45, 7) is 9.35. The number of benzene rings is 10. The van der Waals surface area contributed by atoms with E-state index >= 15 is 0 Å². The van der Waals surface area contributed by atoms with Gasteiger partial charge in [0.2, 0.25) is 0 Å². The maximum absolute atomic E-state index is 10.7. The quantitative estimate of drug-likeness (QED) is 0.165. The molecular formula is C71H47N7. The Morgan fingerprint density at radius 2 is 0.859 bits per heavy atom. The lowest BCUT2D eigenvalue weighted by Gasteiger charge is -2.23. The molecule has 0 spiro atoms. The molecule has 2 aliphatic carbocycles. The zero-order chi connectivity index (χ0) is 52.6. The number of nitrogens with zero attached hydrogens (tertiary/aromatic N) is 7. The van der Waals surface area contributed by atoms with Crippen molar-refractivity contribution in [2.75, 3.05) is 0 Å². The Labute approximate surface area is 451 Å². The molecule has 7 nitrogen and oxygen atoms in total. The first-order valence-electron chi connectivity index (χ1n) is 26.5. The zero-order valence-corrected chi connectivity index (χ0v) is 43.3. The lowest BCUT2D eigenvalue weighted by atomic mass is 9.80. The molecule has 0 amide bonds. The SMILES string of the molecule is CC1(C)c2ccccc2-c2ccc3c(c21)c1ccccc1n3-c1ccc(C#N)cc1-c1nc(-c2ccccc2)nc(-c2ccc(-c3ccccc3C#N)cc2-n2c3ccccc3c3c4c(ccc32)-c2ccccc2C4(C)C)n1. The van der Waals surface area contributed by atoms with E-state index in [0.717, 1.165) is 66.5 Å². The standard InChI is InChI=1S/C71H47N7/c1-70(2)55-26-14-10-22-47(55)49-33-36-60-63(65(49)70)51-24-12-16-28-57(51)77(60)59-35-30-42(40-72)38-54(59)69-75-67(43-18-6-5-7-19-43)74-68(76-69)53-32-31-44(46-21-9-8-20-45(46)41-73)39-62(53)78-58-29-17-13-25-52(58)64-61(78)37-34-50-48-23-11-15-27-56(48)71(3,4)66(50)64/h5-39H,1-4H3. The number of para-hydroxylation sites is 2. The van der Waals surface area contributed by atoms with E-state index in [1.165, 1.54) is 55.3 Å². The van der Waals surface area contributed by atoms with Crippen LogP contribution in [-0.4, -0.2) is 24.1 Å². The van der Waals surface area contributed by atoms with Crippen LogP contribution >= 0.6 is 0 Å². The molecule has 3 heterocycles. The van der Waals surface area contributed by atoms with Gasteiger partial charge in [0.1, 0.15) is 0 Å². The van der Waals surface area contributed by atoms with Gasteiger partial charge in [0.25, 0.3) is 0 Å². The van der Waals surface area contributed by atoms with Crippen molar-refractivity contribution in [1.82, 2.24) is 24.1 Å². The third-order valence-corrected chi connectivity index (χ3v) is 16.8. The van der Waals surface area contributed by atoms with E-state index in [1.54, 1.807) is 0 Å². The van der Waals surface area contributed by atoms with Crippen molar-refractivity contribution in [2.45, 2.75) is 38.5 Å². The summed E-state index contributed by atoms with van der Waals surface area (Å²) in [5.74, 6) is 1.38. The third-order valence-electron chi connectivity index (χ3n) is 16.8. The molecule has 0 aliphatic heterocycles. The fourth-order valence-electron chi connectivity index (χ4n) is 13.4. The summed E-state index contributed by atoms with van der Waals surface area (Å²) < 4.78 is 4.69. The van der Waals surface area contributed by atoms with E-state index in [-0.39, 0.29) is 10.8 Å². The Morgan fingerprint density at radius 1 is 0.359 bits per heavy atom. The Morgan fingerprint density at radius 3 is 1.46 bits per heavy atom. The Hall–Kier alpha value is -10.2. The topological polar surface area (TPSA) is 96.1 Å². The molecule has 3 aromatic heterocycles. The predicted molar refractivity (Wildman–Crippen MR) is 315 cm³/mol. The summed E-state index contributed by atoms with van der Waals surface area (Å²) in [5.41, 5.74) is 20.6. The van der Waals surface area contributed by atoms with Crippen molar-refractivity contribution in [1.29, 1.82) is 10.5 Å². The van der Waals surface area contributed by atoms with Crippen LogP contribution in [0, 0.1) is 22.7 Å². The fourth-order valence-corrected chi connectivity index (χ4v) is 13.4. The average molecular weight is 998 g/mol. The highest BCUT2D eigenvalue weighted by Crippen LogP contribution is 2.55. The minimum absolute atomic E-state index is 0.261. The van der Waals surface area contributed by atoms with E-state index in [2.05, 4.69) is 188 Å². The zero-order valence-electron chi connectivity index (χ0n) is 43.3. The highest BCUT2D eigenvalue weighted by Gasteiger charge is 2.40. The van der Waals surface area contributed by atoms with Gasteiger partial charge in [-0.3, -0.25) is 0 Å². The number of hydrogen-bond donors (Lipinski definition) is 0. The molecule has 0 unspecified atom stereocenters. The molecule has 0 fully saturated rings. The van der Waals surface area contributed by atoms with Gasteiger partial charge in [-0.05, 0) is 116 Å². The second-order valence-electron chi connectivity index (χ2n) is 21.7. The van der Waals surface area contributed by atoms with E-state index in [4.69, 9.17) is 15.0 Å². The minimum atomic E-state index is -0.280. The number of nitriles is 2. The lowest BCUT2D eigenvalue weighted by Crippen LogP contribution is -2.15. The van der Waals surface area contributed by atoms with Gasteiger partial charge in [0, 0.05) is 49.1 Å². The molecular weight excluding hydrogens is 951 g/mol. The summed E-state index contributed by atoms with van der Waals surface area (Å²) in [4.78, 5) is 16.4. The molecule has 10 aromatic carbocycles. The number of hydrogen-bond acceptors (Lipinski definition) is 5. The molecule has 0 saturated heterocycles. The van der Waals surface area contributed by atoms with Crippen molar-refractivity contribution in [3.8, 4) is 91.1 Å². The molecule has 13 aromatic rings. The van der Waals surface area contributed by atoms with Crippen LogP contribution in [0.15, 0.2) is 212 Å². The van der Waals surface area contributed by atoms with Gasteiger partial charge >= 0.3 is 0 Å². The van der Waals surface area contributed by atoms with Crippen LogP contribution in [0.3, 0.4) is 0 Å². The highest BCUT2D eigenvalue weighted by molar-refractivity contribution is 6.16. The molecule has 0 N–H and O–H groups in total. The molecule has 7 heteroatoms. The highest BCUT2D eigenvalue weighted by atomic mass is 15.1. The van der Waals surface area contributed by atoms with Crippen LogP contribution in [-0.2, 0) is 10.8 Å². The number of aromatic nitrogens is 5. The fraction of sp³-hybridized carbons (Fsp3) is 0.0845. The Balaban J connectivity index is 1.02. The van der Waals surface area contributed by atoms with Gasteiger partial charge < -0.3 is 9.13 Å². The van der Waals surface area contributed by atoms with Crippen LogP contribution in [0.25, 0.3) is 123 Å². The maximum atomic E-state index is 10.7. The summed E-state index contributed by atoms with van der Waals surface area (Å²) in [6.07, 6.45) is 0. The van der Waals surface area contributed by atoms with Crippen molar-refractivity contribution >= 4 is 43.6 Å².